The van der Waals surface area contributed by atoms with E-state index in [9.17, 15) is 4.79 Å². The smallest absolute Gasteiger partial charge is 0.195 e. The maximum absolute atomic E-state index is 9.98. The average Bonchev–Trinajstić information content (AvgIpc) is 2.13. The second-order valence-electron chi connectivity index (χ2n) is 2.50. The van der Waals surface area contributed by atoms with E-state index in [4.69, 9.17) is 37.1 Å². The van der Waals surface area contributed by atoms with E-state index in [0.29, 0.717) is 0 Å². The Morgan fingerprint density at radius 3 is 2.15 bits per heavy atom. The molecule has 0 aliphatic rings. The molecule has 5 N–H and O–H groups in total. The van der Waals surface area contributed by atoms with Crippen molar-refractivity contribution in [1.29, 1.82) is 0 Å². The molecule has 0 aliphatic carbocycles. The van der Waals surface area contributed by atoms with Crippen LogP contribution in [0.1, 0.15) is 0 Å². The lowest BCUT2D eigenvalue weighted by Gasteiger charge is -2.31. The zero-order valence-electron chi connectivity index (χ0n) is 6.54. The van der Waals surface area contributed by atoms with E-state index in [2.05, 4.69) is 0 Å². The predicted molar refractivity (Wildman–Crippen MR) is 42.0 cm³/mol. The highest BCUT2D eigenvalue weighted by molar-refractivity contribution is 6.23. The number of hydrogen-bond acceptors (Lipinski definition) is 6. The average molecular weight is 215 g/mol. The lowest BCUT2D eigenvalue weighted by molar-refractivity contribution is -0.148. The zero-order chi connectivity index (χ0) is 10.6. The first-order valence-corrected chi connectivity index (χ1v) is 3.77. The van der Waals surface area contributed by atoms with Crippen molar-refractivity contribution in [3.05, 3.63) is 0 Å². The van der Waals surface area contributed by atoms with Gasteiger partial charge in [-0.05, 0) is 0 Å². The van der Waals surface area contributed by atoms with Crippen molar-refractivity contribution in [3.8, 4) is 0 Å². The Labute approximate surface area is 79.0 Å². The van der Waals surface area contributed by atoms with Crippen LogP contribution >= 0.6 is 11.6 Å². The third-order valence-electron chi connectivity index (χ3n) is 1.52. The van der Waals surface area contributed by atoms with Gasteiger partial charge in [-0.1, -0.05) is 11.6 Å². The summed E-state index contributed by atoms with van der Waals surface area (Å²) in [6.07, 6.45) is -5.92. The van der Waals surface area contributed by atoms with E-state index in [1.165, 1.54) is 0 Å². The summed E-state index contributed by atoms with van der Waals surface area (Å²) >= 11 is 5.19. The Bertz CT molecular complexity index is 173. The zero-order valence-corrected chi connectivity index (χ0v) is 7.29. The van der Waals surface area contributed by atoms with Gasteiger partial charge in [-0.3, -0.25) is 0 Å². The molecule has 0 unspecified atom stereocenters. The molecule has 0 amide bonds. The number of aliphatic hydroxyl groups is 5. The number of carbonyl (C=O) groups excluding carboxylic acids is 1. The van der Waals surface area contributed by atoms with E-state index < -0.39 is 30.0 Å². The molecule has 0 rings (SSSR count). The Morgan fingerprint density at radius 2 is 1.85 bits per heavy atom. The van der Waals surface area contributed by atoms with E-state index in [0.717, 1.165) is 0 Å². The molecule has 0 aromatic rings. The van der Waals surface area contributed by atoms with Crippen LogP contribution in [-0.4, -0.2) is 61.8 Å². The Kier molecular flexibility index (Phi) is 4.76. The summed E-state index contributed by atoms with van der Waals surface area (Å²) in [4.78, 5) is 9.98. The highest BCUT2D eigenvalue weighted by atomic mass is 35.5. The van der Waals surface area contributed by atoms with Crippen LogP contribution in [0.3, 0.4) is 0 Å². The van der Waals surface area contributed by atoms with Gasteiger partial charge in [-0.2, -0.15) is 0 Å². The second kappa shape index (κ2) is 4.85. The number of alkyl halides is 1. The molecule has 0 radical (unpaired) electrons. The van der Waals surface area contributed by atoms with Crippen LogP contribution in [0.2, 0.25) is 0 Å². The summed E-state index contributed by atoms with van der Waals surface area (Å²) in [5, 5.41) is 41.5. The lowest BCUT2D eigenvalue weighted by atomic mass is 10.0. The van der Waals surface area contributed by atoms with Gasteiger partial charge in [0.1, 0.15) is 18.3 Å². The summed E-state index contributed by atoms with van der Waals surface area (Å²) in [7, 11) is 0. The van der Waals surface area contributed by atoms with Crippen LogP contribution in [-0.2, 0) is 4.79 Å². The Balaban J connectivity index is 4.51. The highest BCUT2D eigenvalue weighted by Crippen LogP contribution is 2.22. The molecule has 0 saturated heterocycles. The summed E-state index contributed by atoms with van der Waals surface area (Å²) < 4.78 is 0. The minimum atomic E-state index is -2.66. The standard InChI is InChI=1S/C6H11ClO6/c7-6(13,4(11)2-9)5(12)3(10)1-8/h1,3-5,9-13H,2H2/t3-,4+,5+,6+/m0/s1. The first kappa shape index (κ1) is 12.8. The van der Waals surface area contributed by atoms with Crippen LogP contribution in [0.25, 0.3) is 0 Å². The molecule has 0 aromatic heterocycles. The molecule has 4 atom stereocenters. The SMILES string of the molecule is O=C[C@H](O)[C@@H](O)[C@@](O)(Cl)[C@H](O)CO. The molecular weight excluding hydrogens is 204 g/mol. The number of aldehydes is 1. The molecule has 0 spiro atoms. The van der Waals surface area contributed by atoms with E-state index in [1.54, 1.807) is 0 Å². The summed E-state index contributed by atoms with van der Waals surface area (Å²) in [6.45, 7) is -0.914. The molecule has 7 heteroatoms. The summed E-state index contributed by atoms with van der Waals surface area (Å²) in [5.41, 5.74) is 0. The van der Waals surface area contributed by atoms with Crippen LogP contribution in [0.5, 0.6) is 0 Å². The fraction of sp³-hybridized carbons (Fsp3) is 0.833. The van der Waals surface area contributed by atoms with Gasteiger partial charge < -0.3 is 30.3 Å². The fourth-order valence-corrected chi connectivity index (χ4v) is 0.837. The van der Waals surface area contributed by atoms with Crippen LogP contribution in [0.4, 0.5) is 0 Å². The molecule has 0 aliphatic heterocycles. The molecule has 0 fully saturated rings. The largest absolute Gasteiger partial charge is 0.394 e. The second-order valence-corrected chi connectivity index (χ2v) is 3.10. The molecule has 13 heavy (non-hydrogen) atoms. The molecule has 0 aromatic carbocycles. The van der Waals surface area contributed by atoms with Crippen molar-refractivity contribution >= 4 is 17.9 Å². The third-order valence-corrected chi connectivity index (χ3v) is 1.99. The lowest BCUT2D eigenvalue weighted by Crippen LogP contribution is -2.54. The van der Waals surface area contributed by atoms with Crippen molar-refractivity contribution in [3.63, 3.8) is 0 Å². The molecule has 0 saturated carbocycles. The first-order valence-electron chi connectivity index (χ1n) is 3.39. The quantitative estimate of drug-likeness (QED) is 0.249. The first-order chi connectivity index (χ1) is 5.87. The molecule has 6 nitrogen and oxygen atoms in total. The minimum Gasteiger partial charge on any atom is -0.394 e. The fourth-order valence-electron chi connectivity index (χ4n) is 0.639. The van der Waals surface area contributed by atoms with Crippen LogP contribution in [0.15, 0.2) is 0 Å². The normalized spacial score (nSPS) is 22.9. The van der Waals surface area contributed by atoms with E-state index >= 15 is 0 Å². The van der Waals surface area contributed by atoms with Crippen molar-refractivity contribution in [2.24, 2.45) is 0 Å². The maximum Gasteiger partial charge on any atom is 0.195 e. The number of hydrogen-bond donors (Lipinski definition) is 5. The van der Waals surface area contributed by atoms with Gasteiger partial charge in [0.25, 0.3) is 0 Å². The topological polar surface area (TPSA) is 118 Å². The monoisotopic (exact) mass is 214 g/mol. The van der Waals surface area contributed by atoms with Crippen molar-refractivity contribution in [2.75, 3.05) is 6.61 Å². The van der Waals surface area contributed by atoms with E-state index in [-0.39, 0.29) is 6.29 Å². The predicted octanol–water partition coefficient (Wildman–Crippen LogP) is -2.81. The molecule has 0 heterocycles. The number of halogens is 1. The number of carbonyl (C=O) groups is 1. The Hall–Kier alpha value is -0.240. The highest BCUT2D eigenvalue weighted by Gasteiger charge is 2.44. The molecular formula is C6H11ClO6. The minimum absolute atomic E-state index is 0.0535. The van der Waals surface area contributed by atoms with Gasteiger partial charge in [0, 0.05) is 0 Å². The van der Waals surface area contributed by atoms with Gasteiger partial charge >= 0.3 is 0 Å². The number of aliphatic hydroxyl groups excluding tert-OH is 4. The van der Waals surface area contributed by atoms with Crippen molar-refractivity contribution < 1.29 is 30.3 Å². The summed E-state index contributed by atoms with van der Waals surface area (Å²) in [5.74, 6) is 0. The van der Waals surface area contributed by atoms with Gasteiger partial charge in [-0.15, -0.1) is 0 Å². The number of rotatable bonds is 5. The Morgan fingerprint density at radius 1 is 1.38 bits per heavy atom. The summed E-state index contributed by atoms with van der Waals surface area (Å²) in [6, 6.07) is 0. The van der Waals surface area contributed by atoms with Crippen molar-refractivity contribution in [2.45, 2.75) is 23.4 Å². The van der Waals surface area contributed by atoms with Crippen LogP contribution in [0, 0.1) is 0 Å². The molecule has 78 valence electrons. The molecule has 0 bridgehead atoms. The third kappa shape index (κ3) is 2.87. The van der Waals surface area contributed by atoms with Gasteiger partial charge in [0.2, 0.25) is 0 Å². The maximum atomic E-state index is 9.98. The van der Waals surface area contributed by atoms with Gasteiger partial charge in [-0.25, -0.2) is 0 Å². The van der Waals surface area contributed by atoms with Gasteiger partial charge in [0.05, 0.1) is 6.61 Å². The van der Waals surface area contributed by atoms with Crippen LogP contribution < -0.4 is 0 Å². The van der Waals surface area contributed by atoms with Crippen molar-refractivity contribution in [1.82, 2.24) is 0 Å². The van der Waals surface area contributed by atoms with Gasteiger partial charge in [0.15, 0.2) is 11.3 Å². The van der Waals surface area contributed by atoms with E-state index in [1.807, 2.05) is 0 Å².